The second kappa shape index (κ2) is 6.96. The average molecular weight is 373 g/mol. The summed E-state index contributed by atoms with van der Waals surface area (Å²) in [4.78, 5) is 0. The highest BCUT2D eigenvalue weighted by Crippen LogP contribution is 2.47. The lowest BCUT2D eigenvalue weighted by Gasteiger charge is -2.73. The van der Waals surface area contributed by atoms with E-state index >= 15 is 0 Å². The van der Waals surface area contributed by atoms with Crippen LogP contribution in [-0.2, 0) is 0 Å². The molecule has 1 saturated heterocycles. The predicted molar refractivity (Wildman–Crippen MR) is 111 cm³/mol. The molecule has 0 unspecified atom stereocenters. The highest BCUT2D eigenvalue weighted by atomic mass is 28.6. The van der Waals surface area contributed by atoms with Crippen LogP contribution in [0, 0.1) is 0 Å². The molecular formula is C16H40N2Si4. The fourth-order valence-corrected chi connectivity index (χ4v) is 40.8. The van der Waals surface area contributed by atoms with Crippen molar-refractivity contribution in [3.05, 3.63) is 0 Å². The van der Waals surface area contributed by atoms with Crippen molar-refractivity contribution in [3.8, 4) is 0 Å². The maximum atomic E-state index is 3.19. The predicted octanol–water partition coefficient (Wildman–Crippen LogP) is 5.63. The van der Waals surface area contributed by atoms with E-state index < -0.39 is 34.7 Å². The van der Waals surface area contributed by atoms with Crippen molar-refractivity contribution >= 4 is 34.7 Å². The van der Waals surface area contributed by atoms with Gasteiger partial charge >= 0.3 is 0 Å². The van der Waals surface area contributed by atoms with Crippen molar-refractivity contribution in [3.63, 3.8) is 0 Å². The number of nitrogens with zero attached hydrogens (tertiary/aromatic N) is 2. The van der Waals surface area contributed by atoms with Crippen LogP contribution in [0.2, 0.25) is 48.4 Å². The molecule has 0 N–H and O–H groups in total. The molecule has 0 amide bonds. The molecule has 0 aromatic carbocycles. The van der Waals surface area contributed by atoms with Gasteiger partial charge in [-0.15, -0.1) is 0 Å². The van der Waals surface area contributed by atoms with Gasteiger partial charge in [0, 0.05) is 0 Å². The summed E-state index contributed by atoms with van der Waals surface area (Å²) < 4.78 is 6.38. The highest BCUT2D eigenvalue weighted by molar-refractivity contribution is 7.16. The number of hydrogen-bond donors (Lipinski definition) is 0. The molecule has 0 spiro atoms. The zero-order chi connectivity index (χ0) is 17.6. The van der Waals surface area contributed by atoms with E-state index in [0.29, 0.717) is 0 Å². The Morgan fingerprint density at radius 1 is 0.500 bits per heavy atom. The van der Waals surface area contributed by atoms with E-state index in [-0.39, 0.29) is 0 Å². The summed E-state index contributed by atoms with van der Waals surface area (Å²) in [6, 6.07) is 0. The zero-order valence-electron chi connectivity index (χ0n) is 17.2. The quantitative estimate of drug-likeness (QED) is 0.557. The van der Waals surface area contributed by atoms with Crippen LogP contribution in [0.1, 0.15) is 55.4 Å². The van der Waals surface area contributed by atoms with Crippen molar-refractivity contribution in [1.29, 1.82) is 0 Å². The molecule has 0 saturated carbocycles. The van der Waals surface area contributed by atoms with Gasteiger partial charge in [0.1, 0.15) is 17.9 Å². The van der Waals surface area contributed by atoms with Crippen LogP contribution in [-0.4, -0.2) is 42.5 Å². The van der Waals surface area contributed by atoms with Gasteiger partial charge in [-0.25, -0.2) is 0 Å². The first-order valence-corrected chi connectivity index (χ1v) is 18.1. The summed E-state index contributed by atoms with van der Waals surface area (Å²) in [5.74, 6) is 0. The molecule has 1 heterocycles. The minimum Gasteiger partial charge on any atom is -0.346 e. The lowest BCUT2D eigenvalue weighted by Crippen LogP contribution is -2.95. The van der Waals surface area contributed by atoms with Gasteiger partial charge in [-0.3, -0.25) is 0 Å². The minimum absolute atomic E-state index is 0.418. The molecule has 0 bridgehead atoms. The van der Waals surface area contributed by atoms with Crippen LogP contribution >= 0.6 is 0 Å². The summed E-state index contributed by atoms with van der Waals surface area (Å²) in [5, 5.41) is 0. The van der Waals surface area contributed by atoms with Crippen LogP contribution in [0.5, 0.6) is 0 Å². The smallest absolute Gasteiger partial charge is 0.175 e. The Kier molecular flexibility index (Phi) is 6.59. The second-order valence-electron chi connectivity index (χ2n) is 9.13. The summed E-state index contributed by atoms with van der Waals surface area (Å²) in [5.41, 5.74) is 3.44. The largest absolute Gasteiger partial charge is 0.346 e. The van der Waals surface area contributed by atoms with Gasteiger partial charge in [0.2, 0.25) is 0 Å². The second-order valence-corrected chi connectivity index (χ2v) is 26.8. The van der Waals surface area contributed by atoms with Crippen molar-refractivity contribution in [2.24, 2.45) is 0 Å². The molecule has 0 atom stereocenters. The van der Waals surface area contributed by atoms with Gasteiger partial charge in [0.15, 0.2) is 16.8 Å². The van der Waals surface area contributed by atoms with E-state index in [2.05, 4.69) is 89.4 Å². The van der Waals surface area contributed by atoms with Crippen LogP contribution in [0.15, 0.2) is 0 Å². The molecule has 1 rings (SSSR count). The number of hydrogen-bond acceptors (Lipinski definition) is 2. The van der Waals surface area contributed by atoms with Crippen LogP contribution < -0.4 is 0 Å². The monoisotopic (exact) mass is 372 g/mol. The summed E-state index contributed by atoms with van der Waals surface area (Å²) >= 11 is 0. The minimum atomic E-state index is -1.40. The van der Waals surface area contributed by atoms with Crippen molar-refractivity contribution in [2.45, 2.75) is 104 Å². The Labute approximate surface area is 146 Å². The molecule has 0 aromatic rings. The molecule has 130 valence electrons. The fourth-order valence-electron chi connectivity index (χ4n) is 5.12. The summed E-state index contributed by atoms with van der Waals surface area (Å²) in [6.45, 7) is 30.4. The molecule has 0 aromatic heterocycles. The Balaban J connectivity index is 3.24. The summed E-state index contributed by atoms with van der Waals surface area (Å²) in [7, 11) is -3.64. The molecule has 1 aliphatic rings. The third-order valence-electron chi connectivity index (χ3n) is 5.07. The van der Waals surface area contributed by atoms with Gasteiger partial charge in [-0.1, -0.05) is 55.4 Å². The van der Waals surface area contributed by atoms with E-state index in [1.807, 2.05) is 0 Å². The van der Waals surface area contributed by atoms with E-state index in [1.165, 1.54) is 0 Å². The standard InChI is InChI=1S/C16H40N2Si4/c1-13(2)19(14(3)4)17-21(9,10)18(22(17,11)12)20(15(5)6)16(7)8/h13-16H,1-12H3. The van der Waals surface area contributed by atoms with Crippen LogP contribution in [0.25, 0.3) is 0 Å². The fraction of sp³-hybridized carbons (Fsp3) is 1.00. The third-order valence-corrected chi connectivity index (χ3v) is 31.4. The van der Waals surface area contributed by atoms with Crippen molar-refractivity contribution in [2.75, 3.05) is 0 Å². The Bertz CT molecular complexity index is 316. The molecule has 2 radical (unpaired) electrons. The molecule has 1 aliphatic heterocycles. The van der Waals surface area contributed by atoms with Gasteiger partial charge in [-0.2, -0.15) is 0 Å². The first-order chi connectivity index (χ1) is 9.77. The molecule has 0 aliphatic carbocycles. The van der Waals surface area contributed by atoms with Crippen LogP contribution in [0.4, 0.5) is 0 Å². The SMILES string of the molecule is CC(C)[Si](C(C)C)N1[Si](C)(C)N([Si](C(C)C)C(C)C)[Si]1(C)C. The van der Waals surface area contributed by atoms with Gasteiger partial charge in [0.25, 0.3) is 0 Å². The zero-order valence-corrected chi connectivity index (χ0v) is 21.2. The Morgan fingerprint density at radius 2 is 0.682 bits per heavy atom. The maximum Gasteiger partial charge on any atom is 0.175 e. The van der Waals surface area contributed by atoms with Gasteiger partial charge in [-0.05, 0) is 48.4 Å². The van der Waals surface area contributed by atoms with Crippen molar-refractivity contribution in [1.82, 2.24) is 7.79 Å². The number of rotatable bonds is 6. The Morgan fingerprint density at radius 3 is 0.818 bits per heavy atom. The van der Waals surface area contributed by atoms with E-state index in [0.717, 1.165) is 22.2 Å². The van der Waals surface area contributed by atoms with Gasteiger partial charge in [0.05, 0.1) is 0 Å². The first kappa shape index (κ1) is 20.8. The maximum absolute atomic E-state index is 3.19. The average Bonchev–Trinajstić information content (AvgIpc) is 2.29. The lowest BCUT2D eigenvalue weighted by molar-refractivity contribution is 0.588. The molecule has 2 nitrogen and oxygen atoms in total. The van der Waals surface area contributed by atoms with Crippen molar-refractivity contribution < 1.29 is 0 Å². The highest BCUT2D eigenvalue weighted by Gasteiger charge is 2.65. The Hall–Kier alpha value is 0.788. The van der Waals surface area contributed by atoms with Gasteiger partial charge < -0.3 is 7.79 Å². The van der Waals surface area contributed by atoms with E-state index in [9.17, 15) is 0 Å². The topological polar surface area (TPSA) is 6.48 Å². The molecule has 22 heavy (non-hydrogen) atoms. The van der Waals surface area contributed by atoms with E-state index in [1.54, 1.807) is 0 Å². The van der Waals surface area contributed by atoms with Crippen LogP contribution in [0.3, 0.4) is 0 Å². The first-order valence-electron chi connectivity index (χ1n) is 9.12. The summed E-state index contributed by atoms with van der Waals surface area (Å²) in [6.07, 6.45) is 0. The lowest BCUT2D eigenvalue weighted by atomic mass is 10.5. The normalized spacial score (nSPS) is 22.6. The third kappa shape index (κ3) is 3.42. The molecule has 6 heteroatoms. The molecule has 1 fully saturated rings. The molecular weight excluding hydrogens is 333 g/mol. The van der Waals surface area contributed by atoms with E-state index in [4.69, 9.17) is 0 Å².